The molecule has 2 aromatic carbocycles. The molecule has 0 saturated heterocycles. The first-order valence-corrected chi connectivity index (χ1v) is 11.9. The average molecular weight is 375 g/mol. The van der Waals surface area contributed by atoms with Crippen molar-refractivity contribution in [3.8, 4) is 0 Å². The Morgan fingerprint density at radius 1 is 0.667 bits per heavy atom. The van der Waals surface area contributed by atoms with E-state index in [0.29, 0.717) is 0 Å². The summed E-state index contributed by atoms with van der Waals surface area (Å²) in [6, 6.07) is 14.4. The first-order valence-electron chi connectivity index (χ1n) is 10.1. The zero-order valence-corrected chi connectivity index (χ0v) is 19.5. The van der Waals surface area contributed by atoms with Gasteiger partial charge in [0, 0.05) is 0 Å². The first-order chi connectivity index (χ1) is 12.6. The van der Waals surface area contributed by atoms with Crippen molar-refractivity contribution in [2.75, 3.05) is 0 Å². The molecule has 0 atom stereocenters. The van der Waals surface area contributed by atoms with Gasteiger partial charge in [0.1, 0.15) is 8.80 Å². The molecule has 0 amide bonds. The number of hydrogen-bond donors (Lipinski definition) is 0. The second kappa shape index (κ2) is 7.28. The molecule has 1 heteroatoms. The topological polar surface area (TPSA) is 0 Å². The summed E-state index contributed by atoms with van der Waals surface area (Å²) in [7, 11) is -1.51. The maximum Gasteiger partial charge on any atom is 0.133 e. The lowest BCUT2D eigenvalue weighted by atomic mass is 9.85. The van der Waals surface area contributed by atoms with Crippen LogP contribution in [-0.2, 0) is 0 Å². The molecule has 1 aliphatic rings. The average Bonchev–Trinajstić information content (AvgIpc) is 2.87. The van der Waals surface area contributed by atoms with Crippen molar-refractivity contribution >= 4 is 19.2 Å². The van der Waals surface area contributed by atoms with E-state index < -0.39 is 8.80 Å². The van der Waals surface area contributed by atoms with Gasteiger partial charge in [-0.15, -0.1) is 0 Å². The Hall–Kier alpha value is -1.86. The van der Waals surface area contributed by atoms with Crippen LogP contribution in [0.4, 0.5) is 0 Å². The van der Waals surface area contributed by atoms with E-state index in [0.717, 1.165) is 6.42 Å². The summed E-state index contributed by atoms with van der Waals surface area (Å²) in [5, 5.41) is 4.76. The van der Waals surface area contributed by atoms with Gasteiger partial charge in [0.05, 0.1) is 0 Å². The summed E-state index contributed by atoms with van der Waals surface area (Å²) in [5.74, 6) is 0. The minimum atomic E-state index is -1.51. The van der Waals surface area contributed by atoms with E-state index in [9.17, 15) is 0 Å². The molecular formula is C26H34Si. The van der Waals surface area contributed by atoms with Crippen LogP contribution in [0.3, 0.4) is 0 Å². The predicted molar refractivity (Wildman–Crippen MR) is 123 cm³/mol. The van der Waals surface area contributed by atoms with E-state index in [-0.39, 0.29) is 5.41 Å². The molecule has 0 aromatic heterocycles. The Balaban J connectivity index is 2.26. The molecule has 0 heterocycles. The lowest BCUT2D eigenvalue weighted by Gasteiger charge is -2.30. The lowest BCUT2D eigenvalue weighted by molar-refractivity contribution is 0.511. The lowest BCUT2D eigenvalue weighted by Crippen LogP contribution is -2.46. The Kier molecular flexibility index (Phi) is 5.36. The molecule has 0 aliphatic heterocycles. The van der Waals surface area contributed by atoms with Crippen molar-refractivity contribution in [1.29, 1.82) is 0 Å². The number of allylic oxidation sites excluding steroid dienone is 4. The van der Waals surface area contributed by atoms with Crippen molar-refractivity contribution in [3.63, 3.8) is 0 Å². The molecule has 0 nitrogen and oxygen atoms in total. The largest absolute Gasteiger partial charge is 0.133 e. The normalized spacial score (nSPS) is 14.9. The second-order valence-corrected chi connectivity index (χ2v) is 12.4. The highest BCUT2D eigenvalue weighted by Crippen LogP contribution is 2.40. The van der Waals surface area contributed by atoms with Gasteiger partial charge in [-0.1, -0.05) is 107 Å². The smallest absolute Gasteiger partial charge is 0.0804 e. The molecular weight excluding hydrogens is 340 g/mol. The van der Waals surface area contributed by atoms with E-state index in [2.05, 4.69) is 97.9 Å². The summed E-state index contributed by atoms with van der Waals surface area (Å²) < 4.78 is 0. The van der Waals surface area contributed by atoms with Crippen LogP contribution in [-0.4, -0.2) is 8.80 Å². The van der Waals surface area contributed by atoms with Gasteiger partial charge in [0.25, 0.3) is 0 Å². The Morgan fingerprint density at radius 3 is 1.44 bits per heavy atom. The molecule has 0 unspecified atom stereocenters. The fourth-order valence-electron chi connectivity index (χ4n) is 4.95. The highest BCUT2D eigenvalue weighted by molar-refractivity contribution is 6.91. The standard InChI is InChI=1S/C26H34Si/c1-17-11-18(2)14-22(13-17)27(23-15-19(3)12-20(4)16-23)24-10-9-21(5)25(24)26(6,7)8/h10-16,27H,9H2,1-8H3. The van der Waals surface area contributed by atoms with E-state index in [1.807, 2.05) is 0 Å². The highest BCUT2D eigenvalue weighted by atomic mass is 28.3. The molecule has 27 heavy (non-hydrogen) atoms. The Labute approximate surface area is 167 Å². The van der Waals surface area contributed by atoms with Gasteiger partial charge in [-0.3, -0.25) is 0 Å². The third-order valence-electron chi connectivity index (χ3n) is 5.56. The summed E-state index contributed by atoms with van der Waals surface area (Å²) in [6.07, 6.45) is 3.66. The Morgan fingerprint density at radius 2 is 1.07 bits per heavy atom. The number of aryl methyl sites for hydroxylation is 4. The van der Waals surface area contributed by atoms with Crippen molar-refractivity contribution in [3.05, 3.63) is 81.1 Å². The Bertz CT molecular complexity index is 843. The molecule has 0 bridgehead atoms. The van der Waals surface area contributed by atoms with Crippen LogP contribution in [0.1, 0.15) is 56.4 Å². The van der Waals surface area contributed by atoms with Crippen LogP contribution in [0.25, 0.3) is 0 Å². The minimum absolute atomic E-state index is 0.190. The summed E-state index contributed by atoms with van der Waals surface area (Å²) in [5.41, 5.74) is 8.87. The molecule has 2 aromatic rings. The fraction of sp³-hybridized carbons (Fsp3) is 0.385. The maximum atomic E-state index is 2.54. The maximum absolute atomic E-state index is 2.54. The monoisotopic (exact) mass is 374 g/mol. The number of benzene rings is 2. The van der Waals surface area contributed by atoms with Crippen molar-refractivity contribution in [1.82, 2.24) is 0 Å². The van der Waals surface area contributed by atoms with Crippen LogP contribution < -0.4 is 10.4 Å². The van der Waals surface area contributed by atoms with E-state index in [1.54, 1.807) is 26.7 Å². The van der Waals surface area contributed by atoms with Crippen LogP contribution >= 0.6 is 0 Å². The van der Waals surface area contributed by atoms with Gasteiger partial charge in [0.2, 0.25) is 0 Å². The van der Waals surface area contributed by atoms with E-state index in [1.165, 1.54) is 22.3 Å². The predicted octanol–water partition coefficient (Wildman–Crippen LogP) is 5.49. The summed E-state index contributed by atoms with van der Waals surface area (Å²) in [6.45, 7) is 18.4. The molecule has 142 valence electrons. The first kappa shape index (κ1) is 19.9. The molecule has 1 aliphatic carbocycles. The molecule has 0 spiro atoms. The molecule has 3 rings (SSSR count). The van der Waals surface area contributed by atoms with Gasteiger partial charge < -0.3 is 0 Å². The molecule has 0 N–H and O–H groups in total. The second-order valence-electron chi connectivity index (χ2n) is 9.54. The third kappa shape index (κ3) is 4.19. The highest BCUT2D eigenvalue weighted by Gasteiger charge is 2.33. The van der Waals surface area contributed by atoms with Crippen LogP contribution in [0, 0.1) is 33.1 Å². The quantitative estimate of drug-likeness (QED) is 0.623. The van der Waals surface area contributed by atoms with Crippen molar-refractivity contribution in [2.45, 2.75) is 61.8 Å². The van der Waals surface area contributed by atoms with Gasteiger partial charge in [0.15, 0.2) is 0 Å². The number of hydrogen-bond acceptors (Lipinski definition) is 0. The zero-order valence-electron chi connectivity index (χ0n) is 18.3. The van der Waals surface area contributed by atoms with Crippen molar-refractivity contribution in [2.24, 2.45) is 5.41 Å². The van der Waals surface area contributed by atoms with Gasteiger partial charge in [-0.2, -0.15) is 0 Å². The van der Waals surface area contributed by atoms with E-state index >= 15 is 0 Å². The SMILES string of the molecule is CC1=C(C(C)(C)C)C([SiH](c2cc(C)cc(C)c2)c2cc(C)cc(C)c2)=CC1. The molecule has 0 fully saturated rings. The summed E-state index contributed by atoms with van der Waals surface area (Å²) in [4.78, 5) is 0. The fourth-order valence-corrected chi connectivity index (χ4v) is 9.10. The molecule has 0 radical (unpaired) electrons. The molecule has 0 saturated carbocycles. The van der Waals surface area contributed by atoms with E-state index in [4.69, 9.17) is 0 Å². The third-order valence-corrected chi connectivity index (χ3v) is 8.71. The van der Waals surface area contributed by atoms with Gasteiger partial charge >= 0.3 is 0 Å². The van der Waals surface area contributed by atoms with Crippen LogP contribution in [0.5, 0.6) is 0 Å². The van der Waals surface area contributed by atoms with Crippen LogP contribution in [0.15, 0.2) is 58.8 Å². The zero-order chi connectivity index (χ0) is 19.9. The van der Waals surface area contributed by atoms with Crippen LogP contribution in [0.2, 0.25) is 0 Å². The summed E-state index contributed by atoms with van der Waals surface area (Å²) >= 11 is 0. The number of rotatable bonds is 3. The van der Waals surface area contributed by atoms with Gasteiger partial charge in [-0.25, -0.2) is 0 Å². The van der Waals surface area contributed by atoms with Crippen molar-refractivity contribution < 1.29 is 0 Å². The minimum Gasteiger partial charge on any atom is -0.0804 e. The van der Waals surface area contributed by atoms with Gasteiger partial charge in [-0.05, 0) is 52.0 Å².